The van der Waals surface area contributed by atoms with Crippen molar-refractivity contribution in [3.63, 3.8) is 0 Å². The summed E-state index contributed by atoms with van der Waals surface area (Å²) in [5.74, 6) is -37.9. The van der Waals surface area contributed by atoms with Crippen molar-refractivity contribution in [3.8, 4) is 0 Å². The van der Waals surface area contributed by atoms with Gasteiger partial charge in [-0.2, -0.15) is 63.0 Å². The van der Waals surface area contributed by atoms with E-state index < -0.39 is 58.5 Å². The largest absolute Gasteiger partial charge is 0.460 e. The van der Waals surface area contributed by atoms with Crippen LogP contribution in [0.15, 0.2) is 0 Å². The van der Waals surface area contributed by atoms with Crippen LogP contribution in [0.2, 0.25) is 0 Å². The Labute approximate surface area is 135 Å². The standard InChI is InChI=1S/C8H7F13NO3S/c9-3(10,1-2-26(23,24)25-22)4(11,12)5(13,14)6(15,16)7(17,18)8(19,20)21/h1-2H2,22H3/q+2. The van der Waals surface area contributed by atoms with Crippen LogP contribution in [0, 0.1) is 0 Å². The second-order valence-electron chi connectivity index (χ2n) is 4.63. The monoisotopic (exact) mass is 444 g/mol. The Morgan fingerprint density at radius 1 is 0.692 bits per heavy atom. The molecule has 1 unspecified atom stereocenters. The van der Waals surface area contributed by atoms with Crippen molar-refractivity contribution in [1.82, 2.24) is 0 Å². The molecule has 1 atom stereocenters. The van der Waals surface area contributed by atoms with E-state index in [9.17, 15) is 65.8 Å². The highest BCUT2D eigenvalue weighted by molar-refractivity contribution is 7.92. The van der Waals surface area contributed by atoms with E-state index in [0.717, 1.165) is 0 Å². The summed E-state index contributed by atoms with van der Waals surface area (Å²) in [6.07, 6.45) is -10.4. The van der Waals surface area contributed by atoms with Gasteiger partial charge in [0, 0.05) is 4.28 Å². The summed E-state index contributed by atoms with van der Waals surface area (Å²) in [4.78, 5) is 0. The lowest BCUT2D eigenvalue weighted by Crippen LogP contribution is -2.70. The van der Waals surface area contributed by atoms with Crippen molar-refractivity contribution in [1.29, 1.82) is 0 Å². The highest BCUT2D eigenvalue weighted by Gasteiger charge is 2.90. The first-order chi connectivity index (χ1) is 11.0. The number of hydrogen-bond donors (Lipinski definition) is 1. The molecular weight excluding hydrogens is 437 g/mol. The number of halogens is 13. The van der Waals surface area contributed by atoms with Gasteiger partial charge in [-0.15, -0.1) is 0 Å². The van der Waals surface area contributed by atoms with E-state index >= 15 is 0 Å². The van der Waals surface area contributed by atoms with Gasteiger partial charge in [0.2, 0.25) is 0 Å². The molecule has 0 rings (SSSR count). The summed E-state index contributed by atoms with van der Waals surface area (Å²) in [5.41, 5.74) is 0. The predicted octanol–water partition coefficient (Wildman–Crippen LogP) is 3.05. The zero-order valence-electron chi connectivity index (χ0n) is 11.7. The lowest BCUT2D eigenvalue weighted by molar-refractivity contribution is -0.637. The number of alkyl halides is 13. The molecule has 0 aliphatic rings. The molecule has 0 aromatic carbocycles. The first-order valence-electron chi connectivity index (χ1n) is 5.64. The fourth-order valence-electron chi connectivity index (χ4n) is 1.27. The van der Waals surface area contributed by atoms with Gasteiger partial charge in [-0.25, -0.2) is 0 Å². The molecule has 4 nitrogen and oxygen atoms in total. The lowest BCUT2D eigenvalue weighted by Gasteiger charge is -2.39. The molecule has 0 amide bonds. The van der Waals surface area contributed by atoms with Crippen molar-refractivity contribution >= 4 is 10.5 Å². The molecule has 3 N–H and O–H groups in total. The Balaban J connectivity index is 6.04. The maximum atomic E-state index is 13.1. The molecule has 0 heterocycles. The molecule has 157 valence electrons. The van der Waals surface area contributed by atoms with Gasteiger partial charge in [0.05, 0.1) is 11.0 Å². The van der Waals surface area contributed by atoms with E-state index in [4.69, 9.17) is 0 Å². The molecule has 26 heavy (non-hydrogen) atoms. The van der Waals surface area contributed by atoms with Crippen LogP contribution >= 0.6 is 0 Å². The van der Waals surface area contributed by atoms with Crippen LogP contribution in [0.3, 0.4) is 0 Å². The molecule has 18 heteroatoms. The van der Waals surface area contributed by atoms with Gasteiger partial charge in [0.1, 0.15) is 0 Å². The summed E-state index contributed by atoms with van der Waals surface area (Å²) < 4.78 is 189. The highest BCUT2D eigenvalue weighted by Crippen LogP contribution is 2.60. The molecule has 0 fully saturated rings. The SMILES string of the molecule is [NH3+]O[S+]([O])(=O)CCC(F)(F)C(F)(F)C(F)(F)C(F)(F)C(F)(F)C(F)(F)F. The predicted molar refractivity (Wildman–Crippen MR) is 53.0 cm³/mol. The van der Waals surface area contributed by atoms with Gasteiger partial charge in [-0.1, -0.05) is 0 Å². The Morgan fingerprint density at radius 2 is 1.04 bits per heavy atom. The Bertz CT molecular complexity index is 560. The lowest BCUT2D eigenvalue weighted by atomic mass is 9.93. The minimum atomic E-state index is -8.02. The molecule has 0 aliphatic carbocycles. The second kappa shape index (κ2) is 6.62. The third kappa shape index (κ3) is 3.86. The van der Waals surface area contributed by atoms with Gasteiger partial charge >= 0.3 is 46.3 Å². The summed E-state index contributed by atoms with van der Waals surface area (Å²) in [5, 5.41) is 0. The van der Waals surface area contributed by atoms with E-state index in [-0.39, 0.29) is 0 Å². The Kier molecular flexibility index (Phi) is 6.40. The zero-order valence-corrected chi connectivity index (χ0v) is 12.5. The van der Waals surface area contributed by atoms with Crippen LogP contribution in [0.4, 0.5) is 57.1 Å². The summed E-state index contributed by atoms with van der Waals surface area (Å²) in [7, 11) is -5.13. The fourth-order valence-corrected chi connectivity index (χ4v) is 1.90. The molecule has 0 saturated carbocycles. The van der Waals surface area contributed by atoms with E-state index in [1.54, 1.807) is 0 Å². The van der Waals surface area contributed by atoms with Crippen molar-refractivity contribution in [2.45, 2.75) is 42.2 Å². The third-order valence-electron chi connectivity index (χ3n) is 2.84. The van der Waals surface area contributed by atoms with Crippen LogP contribution in [0.25, 0.3) is 0 Å². The molecular formula is C8H7F13NO3S+2. The summed E-state index contributed by atoms with van der Waals surface area (Å²) in [6, 6.07) is 0. The van der Waals surface area contributed by atoms with Gasteiger partial charge in [-0.05, 0) is 4.21 Å². The molecule has 0 aromatic rings. The molecule has 0 saturated heterocycles. The van der Waals surface area contributed by atoms with E-state index in [0.29, 0.717) is 0 Å². The third-order valence-corrected chi connectivity index (χ3v) is 3.91. The smallest absolute Gasteiger partial charge is 0.199 e. The maximum absolute atomic E-state index is 13.1. The van der Waals surface area contributed by atoms with Crippen LogP contribution in [0.1, 0.15) is 6.42 Å². The van der Waals surface area contributed by atoms with Crippen LogP contribution < -0.4 is 5.90 Å². The van der Waals surface area contributed by atoms with Gasteiger partial charge in [0.15, 0.2) is 5.75 Å². The molecule has 0 bridgehead atoms. The Hall–Kier alpha value is -0.880. The first kappa shape index (κ1) is 25.1. The molecule has 0 aliphatic heterocycles. The van der Waals surface area contributed by atoms with Crippen molar-refractivity contribution in [2.75, 3.05) is 5.75 Å². The molecule has 0 aromatic heterocycles. The van der Waals surface area contributed by atoms with Crippen molar-refractivity contribution in [2.24, 2.45) is 0 Å². The van der Waals surface area contributed by atoms with E-state index in [1.807, 2.05) is 0 Å². The quantitative estimate of drug-likeness (QED) is 0.355. The minimum Gasteiger partial charge on any atom is -0.199 e. The number of quaternary nitrogens is 1. The normalized spacial score (nSPS) is 18.0. The molecule has 1 radical (unpaired) electrons. The zero-order chi connectivity index (χ0) is 21.6. The van der Waals surface area contributed by atoms with E-state index in [2.05, 4.69) is 10.2 Å². The fraction of sp³-hybridized carbons (Fsp3) is 1.00. The number of hydrogen-bond acceptors (Lipinski definition) is 2. The van der Waals surface area contributed by atoms with Gasteiger partial charge < -0.3 is 0 Å². The average Bonchev–Trinajstić information content (AvgIpc) is 2.43. The van der Waals surface area contributed by atoms with Crippen LogP contribution in [-0.4, -0.2) is 41.5 Å². The summed E-state index contributed by atoms with van der Waals surface area (Å²) in [6.45, 7) is 0. The average molecular weight is 444 g/mol. The molecule has 0 spiro atoms. The number of rotatable bonds is 8. The van der Waals surface area contributed by atoms with Gasteiger partial charge in [0.25, 0.3) is 0 Å². The topological polar surface area (TPSA) is 73.8 Å². The van der Waals surface area contributed by atoms with E-state index in [1.165, 1.54) is 0 Å². The van der Waals surface area contributed by atoms with Crippen LogP contribution in [-0.2, 0) is 23.5 Å². The first-order valence-corrected chi connectivity index (χ1v) is 7.22. The van der Waals surface area contributed by atoms with Crippen molar-refractivity contribution < 1.29 is 76.0 Å². The Morgan fingerprint density at radius 3 is 1.35 bits per heavy atom. The minimum absolute atomic E-state index is 2.15. The van der Waals surface area contributed by atoms with Gasteiger partial charge in [-0.3, -0.25) is 0 Å². The van der Waals surface area contributed by atoms with Crippen LogP contribution in [0.5, 0.6) is 0 Å². The highest BCUT2D eigenvalue weighted by atomic mass is 32.3. The maximum Gasteiger partial charge on any atom is 0.460 e. The second-order valence-corrected chi connectivity index (χ2v) is 6.39. The summed E-state index contributed by atoms with van der Waals surface area (Å²) >= 11 is 0. The van der Waals surface area contributed by atoms with Crippen molar-refractivity contribution in [3.05, 3.63) is 0 Å².